The third-order valence-corrected chi connectivity index (χ3v) is 3.54. The molecule has 0 bridgehead atoms. The number of carbonyl (C=O) groups is 1. The topological polar surface area (TPSA) is 50.8 Å². The van der Waals surface area contributed by atoms with Crippen molar-refractivity contribution in [2.45, 2.75) is 51.9 Å². The Hall–Kier alpha value is -0.650. The van der Waals surface area contributed by atoms with Crippen molar-refractivity contribution in [3.63, 3.8) is 0 Å². The zero-order valence-electron chi connectivity index (χ0n) is 12.8. The first kappa shape index (κ1) is 16.4. The first-order valence-corrected chi connectivity index (χ1v) is 7.11. The summed E-state index contributed by atoms with van der Waals surface area (Å²) in [5.41, 5.74) is 0. The van der Waals surface area contributed by atoms with Gasteiger partial charge in [-0.25, -0.2) is 0 Å². The molecule has 1 aliphatic rings. The van der Waals surface area contributed by atoms with Crippen LogP contribution in [0.1, 0.15) is 33.6 Å². The van der Waals surface area contributed by atoms with E-state index in [1.54, 1.807) is 14.2 Å². The van der Waals surface area contributed by atoms with Gasteiger partial charge in [0.25, 0.3) is 0 Å². The van der Waals surface area contributed by atoms with Crippen molar-refractivity contribution in [2.75, 3.05) is 27.4 Å². The highest BCUT2D eigenvalue weighted by atomic mass is 16.5. The number of nitrogens with one attached hydrogen (secondary N) is 1. The first-order valence-electron chi connectivity index (χ1n) is 7.11. The molecule has 1 amide bonds. The van der Waals surface area contributed by atoms with Crippen LogP contribution in [0.2, 0.25) is 0 Å². The van der Waals surface area contributed by atoms with E-state index >= 15 is 0 Å². The Morgan fingerprint density at radius 3 is 2.53 bits per heavy atom. The smallest absolute Gasteiger partial charge is 0.241 e. The summed E-state index contributed by atoms with van der Waals surface area (Å²) in [6, 6.07) is -0.0520. The summed E-state index contributed by atoms with van der Waals surface area (Å²) >= 11 is 0. The highest BCUT2D eigenvalue weighted by Crippen LogP contribution is 2.20. The highest BCUT2D eigenvalue weighted by Gasteiger charge is 2.38. The Labute approximate surface area is 116 Å². The number of ether oxygens (including phenoxy) is 2. The largest absolute Gasteiger partial charge is 0.382 e. The average Bonchev–Trinajstić information content (AvgIpc) is 2.65. The predicted octanol–water partition coefficient (Wildman–Crippen LogP) is 1.23. The molecule has 3 unspecified atom stereocenters. The van der Waals surface area contributed by atoms with E-state index in [0.29, 0.717) is 19.1 Å². The van der Waals surface area contributed by atoms with Crippen LogP contribution < -0.4 is 5.32 Å². The van der Waals surface area contributed by atoms with Gasteiger partial charge >= 0.3 is 0 Å². The molecular formula is C14H28N2O3. The quantitative estimate of drug-likeness (QED) is 0.722. The lowest BCUT2D eigenvalue weighted by molar-refractivity contribution is -0.132. The van der Waals surface area contributed by atoms with Crippen LogP contribution in [-0.4, -0.2) is 56.5 Å². The van der Waals surface area contributed by atoms with Crippen molar-refractivity contribution < 1.29 is 14.3 Å². The molecular weight excluding hydrogens is 244 g/mol. The van der Waals surface area contributed by atoms with Crippen LogP contribution in [0.25, 0.3) is 0 Å². The Bertz CT molecular complexity index is 284. The van der Waals surface area contributed by atoms with Gasteiger partial charge in [-0.1, -0.05) is 20.8 Å². The molecule has 1 N–H and O–H groups in total. The molecule has 1 aliphatic heterocycles. The highest BCUT2D eigenvalue weighted by molar-refractivity contribution is 5.84. The van der Waals surface area contributed by atoms with Crippen LogP contribution in [0.5, 0.6) is 0 Å². The van der Waals surface area contributed by atoms with Gasteiger partial charge in [0.2, 0.25) is 5.91 Å². The third kappa shape index (κ3) is 4.44. The Balaban J connectivity index is 2.70. The fraction of sp³-hybridized carbons (Fsp3) is 0.929. The van der Waals surface area contributed by atoms with E-state index in [4.69, 9.17) is 9.47 Å². The lowest BCUT2D eigenvalue weighted by Gasteiger charge is -2.28. The van der Waals surface area contributed by atoms with E-state index in [-0.39, 0.29) is 24.2 Å². The maximum absolute atomic E-state index is 12.4. The van der Waals surface area contributed by atoms with Crippen molar-refractivity contribution in [1.82, 2.24) is 10.2 Å². The molecule has 0 spiro atoms. The number of nitrogens with zero attached hydrogens (tertiary/aromatic N) is 1. The van der Waals surface area contributed by atoms with Crippen LogP contribution in [-0.2, 0) is 14.3 Å². The van der Waals surface area contributed by atoms with E-state index in [1.807, 2.05) is 11.8 Å². The number of carbonyl (C=O) groups excluding carboxylic acids is 1. The second-order valence-electron chi connectivity index (χ2n) is 5.58. The SMILES string of the molecule is CCC1NC(CC(C)C)N(CC(COC)OC)C1=O. The summed E-state index contributed by atoms with van der Waals surface area (Å²) in [6.45, 7) is 7.48. The molecule has 0 aromatic heterocycles. The van der Waals surface area contributed by atoms with Crippen LogP contribution in [0.15, 0.2) is 0 Å². The zero-order chi connectivity index (χ0) is 14.4. The van der Waals surface area contributed by atoms with Gasteiger partial charge in [-0.2, -0.15) is 0 Å². The lowest BCUT2D eigenvalue weighted by Crippen LogP contribution is -2.44. The summed E-state index contributed by atoms with van der Waals surface area (Å²) in [7, 11) is 3.31. The number of rotatable bonds is 8. The summed E-state index contributed by atoms with van der Waals surface area (Å²) < 4.78 is 10.5. The Kier molecular flexibility index (Phi) is 6.75. The number of methoxy groups -OCH3 is 2. The van der Waals surface area contributed by atoms with Gasteiger partial charge in [-0.15, -0.1) is 0 Å². The molecule has 0 radical (unpaired) electrons. The summed E-state index contributed by atoms with van der Waals surface area (Å²) in [5, 5.41) is 3.42. The summed E-state index contributed by atoms with van der Waals surface area (Å²) in [6.07, 6.45) is 1.84. The molecule has 1 fully saturated rings. The Morgan fingerprint density at radius 1 is 1.37 bits per heavy atom. The van der Waals surface area contributed by atoms with Gasteiger partial charge < -0.3 is 14.4 Å². The summed E-state index contributed by atoms with van der Waals surface area (Å²) in [5.74, 6) is 0.734. The predicted molar refractivity (Wildman–Crippen MR) is 74.8 cm³/mol. The minimum Gasteiger partial charge on any atom is -0.382 e. The van der Waals surface area contributed by atoms with Crippen molar-refractivity contribution in [3.05, 3.63) is 0 Å². The van der Waals surface area contributed by atoms with Crippen LogP contribution in [0, 0.1) is 5.92 Å². The van der Waals surface area contributed by atoms with Gasteiger partial charge in [0, 0.05) is 14.2 Å². The molecule has 19 heavy (non-hydrogen) atoms. The van der Waals surface area contributed by atoms with E-state index in [0.717, 1.165) is 12.8 Å². The van der Waals surface area contributed by atoms with E-state index in [9.17, 15) is 4.79 Å². The van der Waals surface area contributed by atoms with E-state index < -0.39 is 0 Å². The molecule has 112 valence electrons. The van der Waals surface area contributed by atoms with Crippen LogP contribution >= 0.6 is 0 Å². The van der Waals surface area contributed by atoms with E-state index in [1.165, 1.54) is 0 Å². The van der Waals surface area contributed by atoms with Gasteiger partial charge in [0.05, 0.1) is 31.5 Å². The lowest BCUT2D eigenvalue weighted by atomic mass is 10.1. The Morgan fingerprint density at radius 2 is 2.05 bits per heavy atom. The molecule has 5 heteroatoms. The van der Waals surface area contributed by atoms with Gasteiger partial charge in [0.15, 0.2) is 0 Å². The van der Waals surface area contributed by atoms with Crippen LogP contribution in [0.4, 0.5) is 0 Å². The van der Waals surface area contributed by atoms with Crippen molar-refractivity contribution in [2.24, 2.45) is 5.92 Å². The molecule has 0 aromatic rings. The minimum absolute atomic E-state index is 0.0520. The summed E-state index contributed by atoms with van der Waals surface area (Å²) in [4.78, 5) is 14.3. The van der Waals surface area contributed by atoms with E-state index in [2.05, 4.69) is 19.2 Å². The normalized spacial score (nSPS) is 25.4. The van der Waals surface area contributed by atoms with Crippen molar-refractivity contribution in [3.8, 4) is 0 Å². The number of hydrogen-bond acceptors (Lipinski definition) is 4. The first-order chi connectivity index (χ1) is 9.03. The van der Waals surface area contributed by atoms with Gasteiger partial charge in [-0.05, 0) is 18.8 Å². The number of hydrogen-bond donors (Lipinski definition) is 1. The van der Waals surface area contributed by atoms with Gasteiger partial charge in [0.1, 0.15) is 0 Å². The second-order valence-corrected chi connectivity index (χ2v) is 5.58. The molecule has 1 heterocycles. The minimum atomic E-state index is -0.0685. The fourth-order valence-corrected chi connectivity index (χ4v) is 2.50. The number of amides is 1. The molecule has 5 nitrogen and oxygen atoms in total. The second kappa shape index (κ2) is 7.82. The molecule has 0 saturated carbocycles. The monoisotopic (exact) mass is 272 g/mol. The maximum Gasteiger partial charge on any atom is 0.241 e. The van der Waals surface area contributed by atoms with Crippen molar-refractivity contribution >= 4 is 5.91 Å². The molecule has 1 saturated heterocycles. The molecule has 1 rings (SSSR count). The standard InChI is InChI=1S/C14H28N2O3/c1-6-12-14(17)16(8-11(19-5)9-18-4)13(15-12)7-10(2)3/h10-13,15H,6-9H2,1-5H3. The third-order valence-electron chi connectivity index (χ3n) is 3.54. The average molecular weight is 272 g/mol. The molecule has 0 aliphatic carbocycles. The molecule has 3 atom stereocenters. The van der Waals surface area contributed by atoms with Crippen LogP contribution in [0.3, 0.4) is 0 Å². The maximum atomic E-state index is 12.4. The molecule has 0 aromatic carbocycles. The fourth-order valence-electron chi connectivity index (χ4n) is 2.50. The van der Waals surface area contributed by atoms with Crippen molar-refractivity contribution in [1.29, 1.82) is 0 Å². The zero-order valence-corrected chi connectivity index (χ0v) is 12.8. The van der Waals surface area contributed by atoms with Gasteiger partial charge in [-0.3, -0.25) is 10.1 Å².